The monoisotopic (exact) mass is 260 g/mol. The fourth-order valence-corrected chi connectivity index (χ4v) is 2.34. The molecule has 1 amide bonds. The maximum Gasteiger partial charge on any atom is 0.237 e. The summed E-state index contributed by atoms with van der Waals surface area (Å²) in [6, 6.07) is 8.07. The van der Waals surface area contributed by atoms with Crippen LogP contribution in [0.15, 0.2) is 30.6 Å². The maximum atomic E-state index is 11.6. The van der Waals surface area contributed by atoms with Crippen molar-refractivity contribution in [3.8, 4) is 0 Å². The van der Waals surface area contributed by atoms with Gasteiger partial charge in [0.1, 0.15) is 0 Å². The van der Waals surface area contributed by atoms with Gasteiger partial charge in [-0.05, 0) is 39.4 Å². The third-order valence-electron chi connectivity index (χ3n) is 3.76. The lowest BCUT2D eigenvalue weighted by atomic mass is 9.93. The molecule has 0 saturated heterocycles. The van der Waals surface area contributed by atoms with Gasteiger partial charge in [-0.2, -0.15) is 0 Å². The molecule has 19 heavy (non-hydrogen) atoms. The molecule has 0 radical (unpaired) electrons. The van der Waals surface area contributed by atoms with Crippen molar-refractivity contribution in [2.75, 3.05) is 7.05 Å². The van der Waals surface area contributed by atoms with Crippen LogP contribution < -0.4 is 11.1 Å². The number of primary amides is 1. The molecule has 2 rings (SSSR count). The second kappa shape index (κ2) is 5.01. The molecule has 0 aliphatic heterocycles. The number of para-hydroxylation sites is 2. The number of amides is 1. The minimum Gasteiger partial charge on any atom is -0.368 e. The summed E-state index contributed by atoms with van der Waals surface area (Å²) < 4.78 is 2.08. The van der Waals surface area contributed by atoms with Crippen molar-refractivity contribution in [3.63, 3.8) is 0 Å². The van der Waals surface area contributed by atoms with Crippen LogP contribution in [0.4, 0.5) is 0 Å². The van der Waals surface area contributed by atoms with Gasteiger partial charge in [0, 0.05) is 6.04 Å². The van der Waals surface area contributed by atoms with Gasteiger partial charge < -0.3 is 15.6 Å². The molecule has 0 fully saturated rings. The van der Waals surface area contributed by atoms with Crippen LogP contribution >= 0.6 is 0 Å². The lowest BCUT2D eigenvalue weighted by Crippen LogP contribution is -2.52. The molecule has 0 bridgehead atoms. The van der Waals surface area contributed by atoms with E-state index in [-0.39, 0.29) is 11.9 Å². The molecule has 5 heteroatoms. The number of hydrogen-bond donors (Lipinski definition) is 2. The van der Waals surface area contributed by atoms with Crippen molar-refractivity contribution in [1.82, 2.24) is 14.9 Å². The highest BCUT2D eigenvalue weighted by atomic mass is 16.1. The van der Waals surface area contributed by atoms with E-state index in [1.54, 1.807) is 7.05 Å². The Morgan fingerprint density at radius 2 is 2.21 bits per heavy atom. The van der Waals surface area contributed by atoms with Crippen molar-refractivity contribution in [2.45, 2.75) is 31.8 Å². The molecule has 0 saturated carbocycles. The first-order valence-corrected chi connectivity index (χ1v) is 6.38. The van der Waals surface area contributed by atoms with Crippen molar-refractivity contribution >= 4 is 16.9 Å². The van der Waals surface area contributed by atoms with Crippen molar-refractivity contribution in [2.24, 2.45) is 5.73 Å². The number of benzene rings is 1. The Kier molecular flexibility index (Phi) is 3.57. The van der Waals surface area contributed by atoms with E-state index < -0.39 is 5.54 Å². The topological polar surface area (TPSA) is 72.9 Å². The number of rotatable bonds is 5. The summed E-state index contributed by atoms with van der Waals surface area (Å²) >= 11 is 0. The quantitative estimate of drug-likeness (QED) is 0.854. The van der Waals surface area contributed by atoms with Crippen LogP contribution in [-0.4, -0.2) is 28.0 Å². The molecule has 3 N–H and O–H groups in total. The predicted octanol–water partition coefficient (Wildman–Crippen LogP) is 1.45. The Bertz CT molecular complexity index is 592. The molecule has 2 atom stereocenters. The average molecular weight is 260 g/mol. The first-order valence-electron chi connectivity index (χ1n) is 6.38. The molecule has 5 nitrogen and oxygen atoms in total. The van der Waals surface area contributed by atoms with Crippen LogP contribution in [0.3, 0.4) is 0 Å². The standard InChI is InChI=1S/C14H20N4O/c1-10(8-14(2,16-3)13(15)19)18-9-17-11-6-4-5-7-12(11)18/h4-7,9-10,16H,8H2,1-3H3,(H2,15,19). The number of nitrogens with zero attached hydrogens (tertiary/aromatic N) is 2. The summed E-state index contributed by atoms with van der Waals surface area (Å²) in [5, 5.41) is 3.01. The van der Waals surface area contributed by atoms with Gasteiger partial charge in [0.25, 0.3) is 0 Å². The molecule has 0 aliphatic carbocycles. The highest BCUT2D eigenvalue weighted by Crippen LogP contribution is 2.24. The van der Waals surface area contributed by atoms with Gasteiger partial charge >= 0.3 is 0 Å². The fourth-order valence-electron chi connectivity index (χ4n) is 2.34. The molecule has 2 aromatic rings. The zero-order chi connectivity index (χ0) is 14.0. The van der Waals surface area contributed by atoms with E-state index in [2.05, 4.69) is 21.8 Å². The first kappa shape index (κ1) is 13.5. The second-order valence-electron chi connectivity index (χ2n) is 5.14. The van der Waals surface area contributed by atoms with E-state index in [9.17, 15) is 4.79 Å². The van der Waals surface area contributed by atoms with Gasteiger partial charge in [-0.3, -0.25) is 4.79 Å². The molecular formula is C14H20N4O. The molecule has 102 valence electrons. The number of carbonyl (C=O) groups excluding carboxylic acids is 1. The van der Waals surface area contributed by atoms with E-state index >= 15 is 0 Å². The molecular weight excluding hydrogens is 240 g/mol. The highest BCUT2D eigenvalue weighted by molar-refractivity contribution is 5.84. The summed E-state index contributed by atoms with van der Waals surface area (Å²) in [6.45, 7) is 3.89. The first-order chi connectivity index (χ1) is 8.98. The zero-order valence-electron chi connectivity index (χ0n) is 11.6. The Hall–Kier alpha value is -1.88. The highest BCUT2D eigenvalue weighted by Gasteiger charge is 2.31. The van der Waals surface area contributed by atoms with Crippen LogP contribution in [0, 0.1) is 0 Å². The minimum atomic E-state index is -0.717. The van der Waals surface area contributed by atoms with Gasteiger partial charge in [-0.15, -0.1) is 0 Å². The lowest BCUT2D eigenvalue weighted by Gasteiger charge is -2.29. The van der Waals surface area contributed by atoms with Crippen LogP contribution in [0.2, 0.25) is 0 Å². The number of hydrogen-bond acceptors (Lipinski definition) is 3. The van der Waals surface area contributed by atoms with E-state index in [1.165, 1.54) is 0 Å². The van der Waals surface area contributed by atoms with Gasteiger partial charge in [0.2, 0.25) is 5.91 Å². The minimum absolute atomic E-state index is 0.123. The predicted molar refractivity (Wildman–Crippen MR) is 75.7 cm³/mol. The summed E-state index contributed by atoms with van der Waals surface area (Å²) in [5.41, 5.74) is 6.78. The van der Waals surface area contributed by atoms with Crippen molar-refractivity contribution < 1.29 is 4.79 Å². The zero-order valence-corrected chi connectivity index (χ0v) is 11.6. The fraction of sp³-hybridized carbons (Fsp3) is 0.429. The summed E-state index contributed by atoms with van der Waals surface area (Å²) in [7, 11) is 1.75. The Balaban J connectivity index is 2.29. The number of aromatic nitrogens is 2. The molecule has 1 aromatic heterocycles. The lowest BCUT2D eigenvalue weighted by molar-refractivity contribution is -0.124. The van der Waals surface area contributed by atoms with Crippen molar-refractivity contribution in [1.29, 1.82) is 0 Å². The molecule has 0 aliphatic rings. The molecule has 2 unspecified atom stereocenters. The number of carbonyl (C=O) groups is 1. The Morgan fingerprint density at radius 3 is 2.84 bits per heavy atom. The average Bonchev–Trinajstić information content (AvgIpc) is 2.82. The number of likely N-dealkylation sites (N-methyl/N-ethyl adjacent to an activating group) is 1. The number of nitrogens with one attached hydrogen (secondary N) is 1. The largest absolute Gasteiger partial charge is 0.368 e. The third kappa shape index (κ3) is 2.46. The van der Waals surface area contributed by atoms with Crippen LogP contribution in [-0.2, 0) is 4.79 Å². The third-order valence-corrected chi connectivity index (χ3v) is 3.76. The normalized spacial score (nSPS) is 16.2. The number of imidazole rings is 1. The Labute approximate surface area is 112 Å². The van der Waals surface area contributed by atoms with E-state index in [1.807, 2.05) is 37.5 Å². The molecule has 1 heterocycles. The van der Waals surface area contributed by atoms with E-state index in [4.69, 9.17) is 5.73 Å². The van der Waals surface area contributed by atoms with Gasteiger partial charge in [0.05, 0.1) is 22.9 Å². The second-order valence-corrected chi connectivity index (χ2v) is 5.14. The summed E-state index contributed by atoms with van der Waals surface area (Å²) in [5.74, 6) is -0.341. The smallest absolute Gasteiger partial charge is 0.237 e. The number of nitrogens with two attached hydrogens (primary N) is 1. The number of fused-ring (bicyclic) bond motifs is 1. The molecule has 1 aromatic carbocycles. The maximum absolute atomic E-state index is 11.6. The van der Waals surface area contributed by atoms with Crippen LogP contribution in [0.25, 0.3) is 11.0 Å². The summed E-state index contributed by atoms with van der Waals surface area (Å²) in [6.07, 6.45) is 2.42. The summed E-state index contributed by atoms with van der Waals surface area (Å²) in [4.78, 5) is 15.9. The molecule has 0 spiro atoms. The van der Waals surface area contributed by atoms with Gasteiger partial charge in [-0.25, -0.2) is 4.98 Å². The van der Waals surface area contributed by atoms with Gasteiger partial charge in [-0.1, -0.05) is 12.1 Å². The van der Waals surface area contributed by atoms with Crippen LogP contribution in [0.5, 0.6) is 0 Å². The van der Waals surface area contributed by atoms with Crippen LogP contribution in [0.1, 0.15) is 26.3 Å². The van der Waals surface area contributed by atoms with E-state index in [0.717, 1.165) is 11.0 Å². The SMILES string of the molecule is CNC(C)(CC(C)n1cnc2ccccc21)C(N)=O. The van der Waals surface area contributed by atoms with E-state index in [0.29, 0.717) is 6.42 Å². The Morgan fingerprint density at radius 1 is 1.53 bits per heavy atom. The van der Waals surface area contributed by atoms with Gasteiger partial charge in [0.15, 0.2) is 0 Å². The van der Waals surface area contributed by atoms with Crippen molar-refractivity contribution in [3.05, 3.63) is 30.6 Å².